The highest BCUT2D eigenvalue weighted by Gasteiger charge is 2.16. The number of hydrogen-bond donors (Lipinski definition) is 3. The van der Waals surface area contributed by atoms with Crippen LogP contribution >= 0.6 is 27.3 Å². The molecule has 0 bridgehead atoms. The number of thiophene rings is 1. The molecule has 0 unspecified atom stereocenters. The Balaban J connectivity index is 1.75. The van der Waals surface area contributed by atoms with Gasteiger partial charge in [-0.3, -0.25) is 0 Å². The predicted octanol–water partition coefficient (Wildman–Crippen LogP) is 6.43. The number of imidazole rings is 1. The van der Waals surface area contributed by atoms with Crippen LogP contribution in [0, 0.1) is 0 Å². The molecule has 0 radical (unpaired) electrons. The molecule has 0 aliphatic rings. The van der Waals surface area contributed by atoms with E-state index in [9.17, 15) is 9.59 Å². The van der Waals surface area contributed by atoms with Crippen LogP contribution in [0.5, 0.6) is 0 Å². The molecule has 0 spiro atoms. The summed E-state index contributed by atoms with van der Waals surface area (Å²) in [7, 11) is 0. The number of nitrogens with one attached hydrogen (secondary N) is 1. The summed E-state index contributed by atoms with van der Waals surface area (Å²) in [5.74, 6) is -1.26. The highest BCUT2D eigenvalue weighted by molar-refractivity contribution is 9.11. The Labute approximate surface area is 201 Å². The second-order valence-electron chi connectivity index (χ2n) is 7.00. The summed E-state index contributed by atoms with van der Waals surface area (Å²) in [4.78, 5) is 30.8. The minimum absolute atomic E-state index is 0.736. The lowest BCUT2D eigenvalue weighted by Gasteiger charge is -2.05. The first-order valence-corrected chi connectivity index (χ1v) is 11.4. The largest absolute Gasteiger partial charge is 0.478 e. The van der Waals surface area contributed by atoms with Crippen molar-refractivity contribution in [1.29, 1.82) is 0 Å². The van der Waals surface area contributed by atoms with Gasteiger partial charge in [-0.05, 0) is 51.3 Å². The average molecular weight is 521 g/mol. The summed E-state index contributed by atoms with van der Waals surface area (Å²) < 4.78 is 1.00. The second kappa shape index (κ2) is 9.81. The standard InChI is InChI=1S/C25H17BrN2O4S/c26-20-12-11-19(33-20)25-27-23(17-7-1-15(2-8-17)5-13-21(29)30)24(28-25)18-9-3-16(4-10-18)6-14-22(31)32/h1-14H,(H,27,28)(H,29,30)(H,31,32). The third kappa shape index (κ3) is 5.54. The molecule has 164 valence electrons. The number of benzene rings is 2. The van der Waals surface area contributed by atoms with Crippen molar-refractivity contribution in [1.82, 2.24) is 9.97 Å². The van der Waals surface area contributed by atoms with E-state index in [0.29, 0.717) is 0 Å². The molecule has 2 aromatic carbocycles. The van der Waals surface area contributed by atoms with Gasteiger partial charge in [-0.25, -0.2) is 14.6 Å². The van der Waals surface area contributed by atoms with Crippen LogP contribution in [0.25, 0.3) is 45.4 Å². The minimum Gasteiger partial charge on any atom is -0.478 e. The van der Waals surface area contributed by atoms with Crippen molar-refractivity contribution in [2.24, 2.45) is 0 Å². The van der Waals surface area contributed by atoms with Crippen LogP contribution in [-0.2, 0) is 9.59 Å². The van der Waals surface area contributed by atoms with Gasteiger partial charge in [0.2, 0.25) is 0 Å². The van der Waals surface area contributed by atoms with Gasteiger partial charge in [-0.15, -0.1) is 11.3 Å². The molecule has 3 N–H and O–H groups in total. The lowest BCUT2D eigenvalue weighted by molar-refractivity contribution is -0.132. The number of nitrogens with zero attached hydrogens (tertiary/aromatic N) is 1. The molecule has 33 heavy (non-hydrogen) atoms. The van der Waals surface area contributed by atoms with Crippen molar-refractivity contribution in [2.45, 2.75) is 0 Å². The van der Waals surface area contributed by atoms with Crippen LogP contribution in [-0.4, -0.2) is 32.1 Å². The molecule has 0 saturated heterocycles. The van der Waals surface area contributed by atoms with Crippen LogP contribution in [0.2, 0.25) is 0 Å². The van der Waals surface area contributed by atoms with E-state index in [-0.39, 0.29) is 0 Å². The van der Waals surface area contributed by atoms with E-state index in [0.717, 1.165) is 60.3 Å². The zero-order valence-electron chi connectivity index (χ0n) is 17.0. The summed E-state index contributed by atoms with van der Waals surface area (Å²) in [5, 5.41) is 17.7. The van der Waals surface area contributed by atoms with Crippen LogP contribution in [0.1, 0.15) is 11.1 Å². The molecule has 0 aliphatic heterocycles. The van der Waals surface area contributed by atoms with Gasteiger partial charge in [0.15, 0.2) is 0 Å². The Kier molecular flexibility index (Phi) is 6.67. The maximum absolute atomic E-state index is 10.8. The normalized spacial score (nSPS) is 11.4. The summed E-state index contributed by atoms with van der Waals surface area (Å²) in [6.07, 6.45) is 5.28. The summed E-state index contributed by atoms with van der Waals surface area (Å²) in [6, 6.07) is 19.0. The number of H-pyrrole nitrogens is 1. The molecular weight excluding hydrogens is 504 g/mol. The Hall–Kier alpha value is -3.75. The molecule has 4 aromatic rings. The Morgan fingerprint density at radius 2 is 1.36 bits per heavy atom. The van der Waals surface area contributed by atoms with E-state index in [1.807, 2.05) is 60.7 Å². The van der Waals surface area contributed by atoms with Crippen LogP contribution in [0.15, 0.2) is 76.6 Å². The van der Waals surface area contributed by atoms with Gasteiger partial charge in [0.1, 0.15) is 5.82 Å². The molecule has 4 rings (SSSR count). The van der Waals surface area contributed by atoms with E-state index >= 15 is 0 Å². The molecule has 0 aliphatic carbocycles. The van der Waals surface area contributed by atoms with Crippen LogP contribution < -0.4 is 0 Å². The van der Waals surface area contributed by atoms with Gasteiger partial charge < -0.3 is 15.2 Å². The Morgan fingerprint density at radius 3 is 1.85 bits per heavy atom. The zero-order chi connectivity index (χ0) is 23.4. The molecular formula is C25H17BrN2O4S. The number of aromatic nitrogens is 2. The Morgan fingerprint density at radius 1 is 0.818 bits per heavy atom. The fourth-order valence-electron chi connectivity index (χ4n) is 3.20. The molecule has 8 heteroatoms. The van der Waals surface area contributed by atoms with E-state index in [2.05, 4.69) is 20.9 Å². The van der Waals surface area contributed by atoms with Gasteiger partial charge in [0.25, 0.3) is 0 Å². The fraction of sp³-hybridized carbons (Fsp3) is 0. The van der Waals surface area contributed by atoms with Crippen LogP contribution in [0.4, 0.5) is 0 Å². The lowest BCUT2D eigenvalue weighted by Crippen LogP contribution is -1.87. The summed E-state index contributed by atoms with van der Waals surface area (Å²) >= 11 is 5.06. The van der Waals surface area contributed by atoms with Crippen molar-refractivity contribution >= 4 is 51.4 Å². The summed E-state index contributed by atoms with van der Waals surface area (Å²) in [5.41, 5.74) is 4.93. The number of carboxylic acid groups (broad SMARTS) is 2. The topological polar surface area (TPSA) is 103 Å². The monoisotopic (exact) mass is 520 g/mol. The number of carbonyl (C=O) groups is 2. The van der Waals surface area contributed by atoms with E-state index < -0.39 is 11.9 Å². The van der Waals surface area contributed by atoms with E-state index in [4.69, 9.17) is 15.2 Å². The highest BCUT2D eigenvalue weighted by Crippen LogP contribution is 2.36. The smallest absolute Gasteiger partial charge is 0.328 e. The number of halogens is 1. The predicted molar refractivity (Wildman–Crippen MR) is 134 cm³/mol. The van der Waals surface area contributed by atoms with Gasteiger partial charge in [-0.1, -0.05) is 48.5 Å². The zero-order valence-corrected chi connectivity index (χ0v) is 19.4. The van der Waals surface area contributed by atoms with Crippen molar-refractivity contribution < 1.29 is 19.8 Å². The van der Waals surface area contributed by atoms with E-state index in [1.54, 1.807) is 11.3 Å². The molecule has 2 heterocycles. The quantitative estimate of drug-likeness (QED) is 0.243. The van der Waals surface area contributed by atoms with Crippen molar-refractivity contribution in [2.75, 3.05) is 0 Å². The SMILES string of the molecule is O=C(O)C=Cc1ccc(-c2nc(-c3ccc(Br)s3)[nH]c2-c2ccc(C=CC(=O)O)cc2)cc1. The second-order valence-corrected chi connectivity index (χ2v) is 9.46. The van der Waals surface area contributed by atoms with Crippen molar-refractivity contribution in [3.05, 3.63) is 87.7 Å². The first-order valence-electron chi connectivity index (χ1n) is 9.77. The third-order valence-electron chi connectivity index (χ3n) is 4.73. The minimum atomic E-state index is -0.998. The molecule has 2 aromatic heterocycles. The molecule has 0 fully saturated rings. The number of hydrogen-bond acceptors (Lipinski definition) is 4. The summed E-state index contributed by atoms with van der Waals surface area (Å²) in [6.45, 7) is 0. The number of rotatable bonds is 7. The van der Waals surface area contributed by atoms with Crippen molar-refractivity contribution in [3.8, 4) is 33.2 Å². The van der Waals surface area contributed by atoms with Crippen molar-refractivity contribution in [3.63, 3.8) is 0 Å². The average Bonchev–Trinajstić information content (AvgIpc) is 3.43. The number of aliphatic carboxylic acids is 2. The van der Waals surface area contributed by atoms with E-state index in [1.165, 1.54) is 12.2 Å². The molecule has 0 atom stereocenters. The first-order chi connectivity index (χ1) is 15.9. The maximum atomic E-state index is 10.8. The van der Waals surface area contributed by atoms with Gasteiger partial charge in [0.05, 0.1) is 20.1 Å². The highest BCUT2D eigenvalue weighted by atomic mass is 79.9. The molecule has 6 nitrogen and oxygen atoms in total. The fourth-order valence-corrected chi connectivity index (χ4v) is 4.53. The maximum Gasteiger partial charge on any atom is 0.328 e. The number of aromatic amines is 1. The first kappa shape index (κ1) is 22.4. The van der Waals surface area contributed by atoms with Gasteiger partial charge in [0, 0.05) is 23.3 Å². The van der Waals surface area contributed by atoms with Crippen LogP contribution in [0.3, 0.4) is 0 Å². The number of carboxylic acids is 2. The lowest BCUT2D eigenvalue weighted by atomic mass is 10.0. The van der Waals surface area contributed by atoms with Gasteiger partial charge in [-0.2, -0.15) is 0 Å². The Bertz CT molecular complexity index is 1280. The van der Waals surface area contributed by atoms with Gasteiger partial charge >= 0.3 is 11.9 Å². The third-order valence-corrected chi connectivity index (χ3v) is 6.36. The molecule has 0 saturated carbocycles. The molecule has 0 amide bonds.